The van der Waals surface area contributed by atoms with Crippen molar-refractivity contribution in [3.8, 4) is 0 Å². The largest absolute Gasteiger partial charge is 0.481 e. The van der Waals surface area contributed by atoms with E-state index in [1.54, 1.807) is 0 Å². The first kappa shape index (κ1) is 50.9. The summed E-state index contributed by atoms with van der Waals surface area (Å²) in [5.41, 5.74) is 0. The van der Waals surface area contributed by atoms with Crippen LogP contribution in [0, 0.1) is 4.91 Å². The number of carbonyl (C=O) groups is 3. The number of hydrogen-bond donors (Lipinski definition) is 2. The molecule has 312 valence electrons. The molecule has 0 amide bonds. The number of esters is 2. The van der Waals surface area contributed by atoms with E-state index in [4.69, 9.17) is 19.3 Å². The molecule has 0 spiro atoms. The third-order valence-corrected chi connectivity index (χ3v) is 9.99. The van der Waals surface area contributed by atoms with E-state index in [9.17, 15) is 24.4 Å². The zero-order valence-corrected chi connectivity index (χ0v) is 34.2. The number of carbonyl (C=O) groups excluding carboxylic acids is 2. The lowest BCUT2D eigenvalue weighted by Gasteiger charge is -2.20. The van der Waals surface area contributed by atoms with E-state index < -0.39 is 49.4 Å². The summed E-state index contributed by atoms with van der Waals surface area (Å²) in [6.45, 7) is 3.88. The third kappa shape index (κ3) is 36.7. The monoisotopic (exact) mass is 756 g/mol. The van der Waals surface area contributed by atoms with Gasteiger partial charge in [-0.1, -0.05) is 199 Å². The van der Waals surface area contributed by atoms with Crippen molar-refractivity contribution in [1.82, 2.24) is 0 Å². The molecule has 0 aromatic heterocycles. The highest BCUT2D eigenvalue weighted by molar-refractivity contribution is 5.82. The molecule has 3 atom stereocenters. The maximum Gasteiger partial charge on any atom is 0.335 e. The van der Waals surface area contributed by atoms with E-state index in [0.29, 0.717) is 12.8 Å². The van der Waals surface area contributed by atoms with Gasteiger partial charge in [0.1, 0.15) is 6.61 Å². The molecule has 10 heteroatoms. The number of aliphatic hydroxyl groups excluding tert-OH is 1. The van der Waals surface area contributed by atoms with Crippen LogP contribution in [0.15, 0.2) is 5.18 Å². The Morgan fingerprint density at radius 2 is 0.925 bits per heavy atom. The van der Waals surface area contributed by atoms with Crippen molar-refractivity contribution >= 4 is 17.9 Å². The Balaban J connectivity index is 4.26. The molecule has 3 unspecified atom stereocenters. The lowest BCUT2D eigenvalue weighted by Crippen LogP contribution is -2.34. The standard InChI is InChI=1S/C43H81NO9/c1-3-5-7-9-11-13-15-17-19-21-23-25-27-29-31-33-41(47)51-36-38(37-52-43(49)39(44-50)35-40(45)46)53-42(48)34-32-30-28-26-24-22-20-18-16-14-12-10-8-6-4-2/h38-39,41,47H,3-37H2,1-2H3,(H,45,46). The molecule has 2 N–H and O–H groups in total. The van der Waals surface area contributed by atoms with E-state index >= 15 is 0 Å². The fraction of sp³-hybridized carbons (Fsp3) is 0.930. The molecular weight excluding hydrogens is 674 g/mol. The molecule has 0 rings (SSSR count). The summed E-state index contributed by atoms with van der Waals surface area (Å²) in [5, 5.41) is 21.9. The SMILES string of the molecule is CCCCCCCCCCCCCCCCCC(=O)OC(COC(=O)C(CC(=O)O)N=O)COC(O)CCCCCCCCCCCCCCCCC. The first-order valence-electron chi connectivity index (χ1n) is 22.0. The van der Waals surface area contributed by atoms with Crippen molar-refractivity contribution in [2.24, 2.45) is 5.18 Å². The van der Waals surface area contributed by atoms with Crippen molar-refractivity contribution < 1.29 is 38.8 Å². The quantitative estimate of drug-likeness (QED) is 0.0269. The van der Waals surface area contributed by atoms with Crippen LogP contribution in [0.25, 0.3) is 0 Å². The van der Waals surface area contributed by atoms with Gasteiger partial charge in [-0.2, -0.15) is 0 Å². The zero-order valence-electron chi connectivity index (χ0n) is 34.2. The average Bonchev–Trinajstić information content (AvgIpc) is 3.14. The summed E-state index contributed by atoms with van der Waals surface area (Å²) >= 11 is 0. The second-order valence-electron chi connectivity index (χ2n) is 15.2. The van der Waals surface area contributed by atoms with Gasteiger partial charge in [0.25, 0.3) is 0 Å². The second kappa shape index (κ2) is 39.6. The summed E-state index contributed by atoms with van der Waals surface area (Å²) < 4.78 is 16.1. The number of unbranched alkanes of at least 4 members (excludes halogenated alkanes) is 28. The van der Waals surface area contributed by atoms with Crippen molar-refractivity contribution in [3.05, 3.63) is 4.91 Å². The van der Waals surface area contributed by atoms with Gasteiger partial charge >= 0.3 is 17.9 Å². The maximum atomic E-state index is 12.6. The first-order valence-corrected chi connectivity index (χ1v) is 22.0. The van der Waals surface area contributed by atoms with Gasteiger partial charge in [0.05, 0.1) is 13.0 Å². The molecule has 0 saturated carbocycles. The Morgan fingerprint density at radius 3 is 1.30 bits per heavy atom. The number of carboxylic acids is 1. The maximum absolute atomic E-state index is 12.6. The smallest absolute Gasteiger partial charge is 0.335 e. The minimum Gasteiger partial charge on any atom is -0.481 e. The van der Waals surface area contributed by atoms with E-state index in [-0.39, 0.29) is 13.0 Å². The van der Waals surface area contributed by atoms with Crippen LogP contribution in [0.2, 0.25) is 0 Å². The fourth-order valence-corrected chi connectivity index (χ4v) is 6.59. The summed E-state index contributed by atoms with van der Waals surface area (Å²) in [5.74, 6) is -2.93. The van der Waals surface area contributed by atoms with Gasteiger partial charge in [0.2, 0.25) is 0 Å². The molecule has 0 radical (unpaired) electrons. The predicted molar refractivity (Wildman–Crippen MR) is 214 cm³/mol. The lowest BCUT2D eigenvalue weighted by atomic mass is 10.0. The van der Waals surface area contributed by atoms with Gasteiger partial charge in [-0.15, -0.1) is 4.91 Å². The molecule has 0 aromatic rings. The highest BCUT2D eigenvalue weighted by atomic mass is 16.6. The Morgan fingerprint density at radius 1 is 0.547 bits per heavy atom. The number of rotatable bonds is 42. The normalized spacial score (nSPS) is 13.0. The third-order valence-electron chi connectivity index (χ3n) is 9.99. The van der Waals surface area contributed by atoms with Gasteiger partial charge in [-0.05, 0) is 19.3 Å². The lowest BCUT2D eigenvalue weighted by molar-refractivity contribution is -0.174. The van der Waals surface area contributed by atoms with Gasteiger partial charge in [-0.3, -0.25) is 9.59 Å². The number of carboxylic acid groups (broad SMARTS) is 1. The van der Waals surface area contributed by atoms with E-state index in [1.165, 1.54) is 148 Å². The Hall–Kier alpha value is -2.07. The van der Waals surface area contributed by atoms with Crippen molar-refractivity contribution in [2.45, 2.75) is 244 Å². The van der Waals surface area contributed by atoms with Crippen LogP contribution in [0.5, 0.6) is 0 Å². The van der Waals surface area contributed by atoms with E-state index in [2.05, 4.69) is 19.0 Å². The fourth-order valence-electron chi connectivity index (χ4n) is 6.59. The van der Waals surface area contributed by atoms with Crippen LogP contribution in [0.1, 0.15) is 226 Å². The molecule has 0 heterocycles. The topological polar surface area (TPSA) is 149 Å². The van der Waals surface area contributed by atoms with E-state index in [0.717, 1.165) is 38.5 Å². The van der Waals surface area contributed by atoms with E-state index in [1.807, 2.05) is 0 Å². The minimum atomic E-state index is -1.69. The van der Waals surface area contributed by atoms with Gasteiger partial charge in [-0.25, -0.2) is 4.79 Å². The highest BCUT2D eigenvalue weighted by Gasteiger charge is 2.26. The number of aliphatic carboxylic acids is 1. The van der Waals surface area contributed by atoms with Crippen LogP contribution in [0.4, 0.5) is 0 Å². The highest BCUT2D eigenvalue weighted by Crippen LogP contribution is 2.16. The van der Waals surface area contributed by atoms with Gasteiger partial charge < -0.3 is 24.4 Å². The first-order chi connectivity index (χ1) is 25.8. The minimum absolute atomic E-state index is 0.199. The number of ether oxygens (including phenoxy) is 3. The summed E-state index contributed by atoms with van der Waals surface area (Å²) in [6.07, 6.45) is 35.0. The Bertz CT molecular complexity index is 856. The van der Waals surface area contributed by atoms with Gasteiger partial charge in [0.15, 0.2) is 18.4 Å². The average molecular weight is 756 g/mol. The molecule has 0 aliphatic heterocycles. The second-order valence-corrected chi connectivity index (χ2v) is 15.2. The molecule has 0 bridgehead atoms. The molecule has 0 aromatic carbocycles. The number of aliphatic hydroxyl groups is 1. The van der Waals surface area contributed by atoms with Crippen LogP contribution in [-0.2, 0) is 28.6 Å². The predicted octanol–water partition coefficient (Wildman–Crippen LogP) is 11.9. The van der Waals surface area contributed by atoms with Crippen molar-refractivity contribution in [1.29, 1.82) is 0 Å². The summed E-state index contributed by atoms with van der Waals surface area (Å²) in [6, 6.07) is -1.69. The molecule has 53 heavy (non-hydrogen) atoms. The zero-order chi connectivity index (χ0) is 39.0. The number of nitroso groups, excluding NO2 is 1. The van der Waals surface area contributed by atoms with Crippen LogP contribution in [0.3, 0.4) is 0 Å². The molecule has 10 nitrogen and oxygen atoms in total. The molecule has 0 aliphatic rings. The number of hydrogen-bond acceptors (Lipinski definition) is 9. The van der Waals surface area contributed by atoms with Crippen LogP contribution >= 0.6 is 0 Å². The van der Waals surface area contributed by atoms with Gasteiger partial charge in [0, 0.05) is 6.42 Å². The molecule has 0 saturated heterocycles. The Kier molecular flexibility index (Phi) is 38.1. The van der Waals surface area contributed by atoms with Crippen molar-refractivity contribution in [3.63, 3.8) is 0 Å². The van der Waals surface area contributed by atoms with Crippen molar-refractivity contribution in [2.75, 3.05) is 13.2 Å². The summed E-state index contributed by atoms with van der Waals surface area (Å²) in [7, 11) is 0. The summed E-state index contributed by atoms with van der Waals surface area (Å²) in [4.78, 5) is 46.7. The number of nitrogens with zero attached hydrogens (tertiary/aromatic N) is 1. The Labute approximate surface area is 323 Å². The molecule has 0 fully saturated rings. The molecular formula is C43H81NO9. The van der Waals surface area contributed by atoms with Crippen LogP contribution < -0.4 is 0 Å². The molecule has 0 aliphatic carbocycles. The van der Waals surface area contributed by atoms with Crippen LogP contribution in [-0.4, -0.2) is 59.8 Å².